The predicted molar refractivity (Wildman–Crippen MR) is 120 cm³/mol. The zero-order valence-electron chi connectivity index (χ0n) is 21.7. The first-order chi connectivity index (χ1) is 11.5. The Morgan fingerprint density at radius 1 is 0.296 bits per heavy atom. The van der Waals surface area contributed by atoms with E-state index in [4.69, 9.17) is 0 Å². The Balaban J connectivity index is 2.69. The molecule has 0 N–H and O–H groups in total. The second-order valence-corrected chi connectivity index (χ2v) is 14.8. The van der Waals surface area contributed by atoms with Crippen LogP contribution in [0.2, 0.25) is 0 Å². The molecule has 0 heterocycles. The molecule has 3 aliphatic rings. The van der Waals surface area contributed by atoms with E-state index in [-0.39, 0.29) is 54.1 Å². The molecular formula is C27H50. The summed E-state index contributed by atoms with van der Waals surface area (Å²) in [5, 5.41) is 0. The van der Waals surface area contributed by atoms with Crippen molar-refractivity contribution in [1.82, 2.24) is 0 Å². The van der Waals surface area contributed by atoms with Gasteiger partial charge in [0.15, 0.2) is 0 Å². The van der Waals surface area contributed by atoms with E-state index in [9.17, 15) is 0 Å². The Morgan fingerprint density at radius 3 is 0.926 bits per heavy atom. The van der Waals surface area contributed by atoms with E-state index in [0.29, 0.717) is 0 Å². The summed E-state index contributed by atoms with van der Waals surface area (Å²) >= 11 is 0. The predicted octanol–water partition coefficient (Wildman–Crippen LogP) is 8.60. The summed E-state index contributed by atoms with van der Waals surface area (Å²) in [5.41, 5.74) is 2.43. The van der Waals surface area contributed by atoms with Crippen molar-refractivity contribution in [2.24, 2.45) is 54.1 Å². The lowest BCUT2D eigenvalue weighted by Gasteiger charge is -2.83. The van der Waals surface area contributed by atoms with Gasteiger partial charge in [-0.25, -0.2) is 0 Å². The fraction of sp³-hybridized carbons (Fsp3) is 1.00. The third-order valence-electron chi connectivity index (χ3n) is 15.4. The third kappa shape index (κ3) is 1.36. The molecule has 0 nitrogen and oxygen atoms in total. The van der Waals surface area contributed by atoms with Gasteiger partial charge in [0.2, 0.25) is 0 Å². The molecule has 0 aromatic carbocycles. The van der Waals surface area contributed by atoms with E-state index in [1.54, 1.807) is 0 Å². The summed E-state index contributed by atoms with van der Waals surface area (Å²) in [6, 6.07) is 0. The van der Waals surface area contributed by atoms with Gasteiger partial charge in [-0.15, -0.1) is 0 Å². The number of hydrogen-bond donors (Lipinski definition) is 0. The Labute approximate surface area is 171 Å². The van der Waals surface area contributed by atoms with Crippen LogP contribution in [-0.4, -0.2) is 0 Å². The monoisotopic (exact) mass is 374 g/mol. The molecule has 0 aromatic heterocycles. The molecule has 0 aromatic rings. The summed E-state index contributed by atoms with van der Waals surface area (Å²) in [6.45, 7) is 42.2. The smallest absolute Gasteiger partial charge is 0.0153 e. The number of hydrogen-bond acceptors (Lipinski definition) is 0. The van der Waals surface area contributed by atoms with Crippen LogP contribution in [0.15, 0.2) is 0 Å². The Morgan fingerprint density at radius 2 is 0.556 bits per heavy atom. The van der Waals surface area contributed by atoms with E-state index in [1.807, 2.05) is 0 Å². The molecule has 3 saturated carbocycles. The van der Waals surface area contributed by atoms with Gasteiger partial charge in [0, 0.05) is 0 Å². The lowest BCUT2D eigenvalue weighted by Crippen LogP contribution is -2.78. The summed E-state index contributed by atoms with van der Waals surface area (Å²) in [5.74, 6) is 0. The van der Waals surface area contributed by atoms with Gasteiger partial charge in [0.05, 0.1) is 0 Å². The molecular weight excluding hydrogens is 324 g/mol. The van der Waals surface area contributed by atoms with Crippen molar-refractivity contribution in [3.63, 3.8) is 0 Å². The molecule has 3 fully saturated rings. The molecule has 3 bridgehead atoms. The quantitative estimate of drug-likeness (QED) is 0.398. The summed E-state index contributed by atoms with van der Waals surface area (Å²) in [6.07, 6.45) is 1.34. The molecule has 0 spiro atoms. The summed E-state index contributed by atoms with van der Waals surface area (Å²) in [7, 11) is 0. The summed E-state index contributed by atoms with van der Waals surface area (Å²) in [4.78, 5) is 0. The zero-order chi connectivity index (χ0) is 21.7. The van der Waals surface area contributed by atoms with Crippen LogP contribution in [0.25, 0.3) is 0 Å². The minimum absolute atomic E-state index is 0.204. The van der Waals surface area contributed by atoms with E-state index in [2.05, 4.69) is 111 Å². The van der Waals surface area contributed by atoms with Crippen LogP contribution < -0.4 is 0 Å². The van der Waals surface area contributed by atoms with Crippen LogP contribution in [0.4, 0.5) is 0 Å². The molecule has 27 heavy (non-hydrogen) atoms. The van der Waals surface area contributed by atoms with Crippen molar-refractivity contribution in [3.8, 4) is 0 Å². The van der Waals surface area contributed by atoms with Gasteiger partial charge in [-0.3, -0.25) is 0 Å². The zero-order valence-corrected chi connectivity index (χ0v) is 21.7. The lowest BCUT2D eigenvalue weighted by molar-refractivity contribution is -0.361. The standard InChI is InChI=1S/C27H50/c1-18(2)19(3,4)24(13)17-25(14)23(11,12)27(24,16)22(9,10)21(7,8)26(25,15)20(18,5)6/h17H2,1-16H3. The highest BCUT2D eigenvalue weighted by molar-refractivity contribution is 5.38. The van der Waals surface area contributed by atoms with E-state index >= 15 is 0 Å². The van der Waals surface area contributed by atoms with Gasteiger partial charge < -0.3 is 0 Å². The minimum Gasteiger partial charge on any atom is -0.0588 e. The van der Waals surface area contributed by atoms with Gasteiger partial charge in [-0.05, 0) is 60.6 Å². The molecule has 4 unspecified atom stereocenters. The Kier molecular flexibility index (Phi) is 3.51. The molecule has 3 aliphatic carbocycles. The molecule has 0 aliphatic heterocycles. The van der Waals surface area contributed by atoms with Crippen LogP contribution in [0.1, 0.15) is 117 Å². The van der Waals surface area contributed by atoms with E-state index < -0.39 is 0 Å². The molecule has 0 heteroatoms. The van der Waals surface area contributed by atoms with E-state index in [0.717, 1.165) is 0 Å². The lowest BCUT2D eigenvalue weighted by atomic mass is 9.21. The van der Waals surface area contributed by atoms with Gasteiger partial charge >= 0.3 is 0 Å². The SMILES string of the molecule is CC1(C)C(C)(C)C2(C)CC3(C)C(C)(C)C2(C)C(C)(C)C(C)(C)C3(C)C1(C)C. The average Bonchev–Trinajstić information content (AvgIpc) is 2.59. The Hall–Kier alpha value is 0. The second-order valence-electron chi connectivity index (χ2n) is 14.8. The van der Waals surface area contributed by atoms with Crippen molar-refractivity contribution < 1.29 is 0 Å². The first-order valence-electron chi connectivity index (χ1n) is 11.5. The molecule has 0 radical (unpaired) electrons. The topological polar surface area (TPSA) is 0 Å². The average molecular weight is 375 g/mol. The van der Waals surface area contributed by atoms with Gasteiger partial charge in [-0.2, -0.15) is 0 Å². The van der Waals surface area contributed by atoms with Gasteiger partial charge in [0.1, 0.15) is 0 Å². The van der Waals surface area contributed by atoms with Crippen LogP contribution in [0.5, 0.6) is 0 Å². The first kappa shape index (κ1) is 21.7. The van der Waals surface area contributed by atoms with Crippen molar-refractivity contribution in [1.29, 1.82) is 0 Å². The van der Waals surface area contributed by atoms with Crippen molar-refractivity contribution in [3.05, 3.63) is 0 Å². The van der Waals surface area contributed by atoms with Crippen LogP contribution in [-0.2, 0) is 0 Å². The highest BCUT2D eigenvalue weighted by Crippen LogP contribution is 2.96. The normalized spacial score (nSPS) is 52.4. The second kappa shape index (κ2) is 4.37. The fourth-order valence-electron chi connectivity index (χ4n) is 11.0. The molecule has 0 amide bonds. The number of rotatable bonds is 0. The van der Waals surface area contributed by atoms with E-state index in [1.165, 1.54) is 6.42 Å². The maximum Gasteiger partial charge on any atom is -0.0153 e. The van der Waals surface area contributed by atoms with Crippen molar-refractivity contribution in [2.75, 3.05) is 0 Å². The number of fused-ring (bicyclic) bond motifs is 3. The maximum absolute atomic E-state index is 2.70. The molecule has 0 saturated heterocycles. The fourth-order valence-corrected chi connectivity index (χ4v) is 11.0. The maximum atomic E-state index is 2.70. The van der Waals surface area contributed by atoms with Gasteiger partial charge in [-0.1, -0.05) is 111 Å². The molecule has 3 rings (SSSR count). The third-order valence-corrected chi connectivity index (χ3v) is 15.4. The highest BCUT2D eigenvalue weighted by Gasteiger charge is 2.91. The molecule has 4 atom stereocenters. The molecule has 158 valence electrons. The van der Waals surface area contributed by atoms with Gasteiger partial charge in [0.25, 0.3) is 0 Å². The van der Waals surface area contributed by atoms with Crippen LogP contribution >= 0.6 is 0 Å². The minimum atomic E-state index is 0.204. The van der Waals surface area contributed by atoms with Crippen molar-refractivity contribution >= 4 is 0 Å². The summed E-state index contributed by atoms with van der Waals surface area (Å²) < 4.78 is 0. The Bertz CT molecular complexity index is 692. The largest absolute Gasteiger partial charge is 0.0588 e. The van der Waals surface area contributed by atoms with Crippen LogP contribution in [0.3, 0.4) is 0 Å². The first-order valence-corrected chi connectivity index (χ1v) is 11.5. The van der Waals surface area contributed by atoms with Crippen molar-refractivity contribution in [2.45, 2.75) is 117 Å². The highest BCUT2D eigenvalue weighted by atomic mass is 14.9. The van der Waals surface area contributed by atoms with Crippen LogP contribution in [0, 0.1) is 54.1 Å².